The minimum Gasteiger partial charge on any atom is -0.463 e. The van der Waals surface area contributed by atoms with Crippen LogP contribution < -0.4 is 14.9 Å². The third-order valence-corrected chi connectivity index (χ3v) is 8.34. The van der Waals surface area contributed by atoms with Crippen molar-refractivity contribution in [3.63, 3.8) is 0 Å². The maximum atomic E-state index is 14.2. The Morgan fingerprint density at radius 2 is 1.71 bits per heavy atom. The SMILES string of the molecule is C=CCn1c(C)c(/C=c2/sc3n(c2=O)C(c2ccccc2)C(C(=O)OCC)=C(c2ccccc2)N=3)c2ccccc21. The number of hydrogen-bond donors (Lipinski definition) is 0. The first-order valence-corrected chi connectivity index (χ1v) is 14.4. The van der Waals surface area contributed by atoms with E-state index in [2.05, 4.69) is 30.2 Å². The van der Waals surface area contributed by atoms with Crippen molar-refractivity contribution in [3.05, 3.63) is 145 Å². The summed E-state index contributed by atoms with van der Waals surface area (Å²) in [5.41, 5.74) is 5.39. The Kier molecular flexibility index (Phi) is 7.12. The molecule has 6 nitrogen and oxygen atoms in total. The van der Waals surface area contributed by atoms with E-state index < -0.39 is 12.0 Å². The van der Waals surface area contributed by atoms with Gasteiger partial charge in [-0.3, -0.25) is 9.36 Å². The summed E-state index contributed by atoms with van der Waals surface area (Å²) < 4.78 is 9.93. The highest BCUT2D eigenvalue weighted by Gasteiger charge is 2.35. The third-order valence-electron chi connectivity index (χ3n) is 7.36. The number of fused-ring (bicyclic) bond motifs is 2. The molecule has 1 atom stereocenters. The molecular formula is C34H29N3O3S. The van der Waals surface area contributed by atoms with E-state index in [0.717, 1.165) is 33.3 Å². The molecule has 5 aromatic rings. The largest absolute Gasteiger partial charge is 0.463 e. The lowest BCUT2D eigenvalue weighted by molar-refractivity contribution is -0.138. The van der Waals surface area contributed by atoms with E-state index in [1.165, 1.54) is 11.3 Å². The van der Waals surface area contributed by atoms with Gasteiger partial charge in [0.2, 0.25) is 0 Å². The van der Waals surface area contributed by atoms with Gasteiger partial charge in [-0.15, -0.1) is 6.58 Å². The molecule has 0 N–H and O–H groups in total. The molecular weight excluding hydrogens is 530 g/mol. The molecule has 3 heterocycles. The number of nitrogens with zero attached hydrogens (tertiary/aromatic N) is 3. The quantitative estimate of drug-likeness (QED) is 0.199. The Hall–Kier alpha value is -4.75. The highest BCUT2D eigenvalue weighted by Crippen LogP contribution is 2.35. The van der Waals surface area contributed by atoms with Gasteiger partial charge in [0.1, 0.15) is 0 Å². The lowest BCUT2D eigenvalue weighted by atomic mass is 9.93. The van der Waals surface area contributed by atoms with E-state index in [-0.39, 0.29) is 12.2 Å². The molecule has 204 valence electrons. The Labute approximate surface area is 241 Å². The molecule has 0 spiro atoms. The fraction of sp³-hybridized carbons (Fsp3) is 0.147. The minimum absolute atomic E-state index is 0.198. The van der Waals surface area contributed by atoms with Gasteiger partial charge in [0.05, 0.1) is 28.5 Å². The van der Waals surface area contributed by atoms with Crippen molar-refractivity contribution < 1.29 is 9.53 Å². The normalized spacial score (nSPS) is 15.1. The zero-order valence-corrected chi connectivity index (χ0v) is 23.7. The van der Waals surface area contributed by atoms with Gasteiger partial charge >= 0.3 is 5.97 Å². The van der Waals surface area contributed by atoms with Crippen molar-refractivity contribution in [2.45, 2.75) is 26.4 Å². The van der Waals surface area contributed by atoms with E-state index in [0.29, 0.717) is 27.1 Å². The molecule has 0 saturated heterocycles. The van der Waals surface area contributed by atoms with Crippen LogP contribution in [0.25, 0.3) is 22.7 Å². The van der Waals surface area contributed by atoms with Crippen molar-refractivity contribution in [3.8, 4) is 0 Å². The van der Waals surface area contributed by atoms with Crippen LogP contribution in [0.2, 0.25) is 0 Å². The van der Waals surface area contributed by atoms with E-state index in [9.17, 15) is 9.59 Å². The number of rotatable bonds is 7. The number of ether oxygens (including phenoxy) is 1. The molecule has 0 fully saturated rings. The van der Waals surface area contributed by atoms with E-state index >= 15 is 0 Å². The summed E-state index contributed by atoms with van der Waals surface area (Å²) in [6.07, 6.45) is 3.83. The molecule has 1 aliphatic heterocycles. The topological polar surface area (TPSA) is 65.6 Å². The van der Waals surface area contributed by atoms with E-state index in [1.807, 2.05) is 84.9 Å². The average molecular weight is 560 g/mol. The van der Waals surface area contributed by atoms with Gasteiger partial charge < -0.3 is 9.30 Å². The molecule has 6 rings (SSSR count). The van der Waals surface area contributed by atoms with Crippen LogP contribution in [-0.4, -0.2) is 21.7 Å². The summed E-state index contributed by atoms with van der Waals surface area (Å²) in [6.45, 7) is 8.64. The predicted octanol–water partition coefficient (Wildman–Crippen LogP) is 5.38. The number of thiazole rings is 1. The van der Waals surface area contributed by atoms with Crippen LogP contribution in [-0.2, 0) is 16.1 Å². The third kappa shape index (κ3) is 4.58. The number of esters is 1. The smallest absolute Gasteiger partial charge is 0.338 e. The summed E-state index contributed by atoms with van der Waals surface area (Å²) in [6, 6.07) is 26.7. The number of hydrogen-bond acceptors (Lipinski definition) is 5. The Bertz CT molecular complexity index is 2000. The lowest BCUT2D eigenvalue weighted by Gasteiger charge is -2.25. The predicted molar refractivity (Wildman–Crippen MR) is 164 cm³/mol. The molecule has 0 saturated carbocycles. The number of benzene rings is 3. The zero-order chi connectivity index (χ0) is 28.5. The van der Waals surface area contributed by atoms with Gasteiger partial charge in [0.15, 0.2) is 4.80 Å². The summed E-state index contributed by atoms with van der Waals surface area (Å²) in [4.78, 5) is 33.3. The molecule has 1 aliphatic rings. The number of carbonyl (C=O) groups excluding carboxylic acids is 1. The van der Waals surface area contributed by atoms with Gasteiger partial charge in [0.25, 0.3) is 5.56 Å². The van der Waals surface area contributed by atoms with Gasteiger partial charge in [-0.25, -0.2) is 9.79 Å². The molecule has 7 heteroatoms. The zero-order valence-electron chi connectivity index (χ0n) is 22.9. The molecule has 3 aromatic carbocycles. The first-order chi connectivity index (χ1) is 20.0. The van der Waals surface area contributed by atoms with Gasteiger partial charge in [0, 0.05) is 34.3 Å². The summed E-state index contributed by atoms with van der Waals surface area (Å²) >= 11 is 1.33. The molecule has 2 aromatic heterocycles. The molecule has 0 radical (unpaired) electrons. The van der Waals surface area contributed by atoms with Crippen LogP contribution in [0.15, 0.2) is 113 Å². The maximum Gasteiger partial charge on any atom is 0.338 e. The van der Waals surface area contributed by atoms with Crippen LogP contribution in [0.3, 0.4) is 0 Å². The lowest BCUT2D eigenvalue weighted by Crippen LogP contribution is -2.40. The first-order valence-electron chi connectivity index (χ1n) is 13.6. The molecule has 0 bridgehead atoms. The minimum atomic E-state index is -0.688. The van der Waals surface area contributed by atoms with Crippen molar-refractivity contribution >= 4 is 40.0 Å². The highest BCUT2D eigenvalue weighted by molar-refractivity contribution is 7.07. The maximum absolute atomic E-state index is 14.2. The number of aromatic nitrogens is 2. The number of allylic oxidation sites excluding steroid dienone is 1. The van der Waals surface area contributed by atoms with Crippen molar-refractivity contribution in [2.75, 3.05) is 6.61 Å². The number of para-hydroxylation sites is 1. The van der Waals surface area contributed by atoms with E-state index in [1.54, 1.807) is 11.5 Å². The monoisotopic (exact) mass is 559 g/mol. The van der Waals surface area contributed by atoms with Gasteiger partial charge in [-0.1, -0.05) is 96.3 Å². The molecule has 0 aliphatic carbocycles. The summed E-state index contributed by atoms with van der Waals surface area (Å²) in [5, 5.41) is 1.06. The number of carbonyl (C=O) groups is 1. The van der Waals surface area contributed by atoms with Crippen LogP contribution >= 0.6 is 11.3 Å². The fourth-order valence-electron chi connectivity index (χ4n) is 5.53. The first kappa shape index (κ1) is 26.5. The summed E-state index contributed by atoms with van der Waals surface area (Å²) in [7, 11) is 0. The fourth-order valence-corrected chi connectivity index (χ4v) is 6.51. The van der Waals surface area contributed by atoms with Gasteiger partial charge in [-0.05, 0) is 31.6 Å². The van der Waals surface area contributed by atoms with Crippen LogP contribution in [0.5, 0.6) is 0 Å². The van der Waals surface area contributed by atoms with Crippen LogP contribution in [0, 0.1) is 6.92 Å². The second kappa shape index (κ2) is 11.0. The standard InChI is InChI=1S/C34H29N3O3S/c1-4-20-36-22(3)26(25-18-12-13-19-27(25)36)21-28-32(38)37-31(24-16-10-7-11-17-24)29(33(39)40-5-2)30(35-34(37)41-28)23-14-8-6-9-15-23/h4,6-19,21,31H,1,5,20H2,2-3H3/b28-21+. The van der Waals surface area contributed by atoms with Crippen LogP contribution in [0.1, 0.15) is 35.3 Å². The average Bonchev–Trinajstić information content (AvgIpc) is 3.46. The Balaban J connectivity index is 1.66. The Morgan fingerprint density at radius 1 is 1.02 bits per heavy atom. The van der Waals surface area contributed by atoms with Crippen LogP contribution in [0.4, 0.5) is 0 Å². The molecule has 41 heavy (non-hydrogen) atoms. The van der Waals surface area contributed by atoms with Crippen molar-refractivity contribution in [1.82, 2.24) is 9.13 Å². The van der Waals surface area contributed by atoms with Crippen molar-refractivity contribution in [1.29, 1.82) is 0 Å². The molecule has 0 amide bonds. The highest BCUT2D eigenvalue weighted by atomic mass is 32.1. The Morgan fingerprint density at radius 3 is 2.41 bits per heavy atom. The second-order valence-corrected chi connectivity index (χ2v) is 10.8. The van der Waals surface area contributed by atoms with Crippen molar-refractivity contribution in [2.24, 2.45) is 4.99 Å². The summed E-state index contributed by atoms with van der Waals surface area (Å²) in [5.74, 6) is -0.485. The van der Waals surface area contributed by atoms with Gasteiger partial charge in [-0.2, -0.15) is 0 Å². The second-order valence-electron chi connectivity index (χ2n) is 9.76. The molecule has 1 unspecified atom stereocenters. The van der Waals surface area contributed by atoms with E-state index in [4.69, 9.17) is 9.73 Å².